The van der Waals surface area contributed by atoms with E-state index < -0.39 is 0 Å². The second-order valence-corrected chi connectivity index (χ2v) is 6.56. The van der Waals surface area contributed by atoms with E-state index in [1.54, 1.807) is 0 Å². The van der Waals surface area contributed by atoms with Crippen LogP contribution < -0.4 is 4.90 Å². The molecule has 2 aromatic heterocycles. The molecule has 0 radical (unpaired) electrons. The van der Waals surface area contributed by atoms with Gasteiger partial charge in [0.2, 0.25) is 5.76 Å². The standard InChI is InChI=1S/C17H21N5O2/c1-12-3-6-16(19-18-12)21-7-2-8-22(10-9-21)17(23)15-11-14(20-24-15)13-4-5-13/h3,6,11,13H,2,4-5,7-10H2,1H3. The lowest BCUT2D eigenvalue weighted by Crippen LogP contribution is -2.35. The van der Waals surface area contributed by atoms with Crippen LogP contribution in [0.1, 0.15) is 47.1 Å². The predicted molar refractivity (Wildman–Crippen MR) is 88.0 cm³/mol. The van der Waals surface area contributed by atoms with E-state index in [2.05, 4.69) is 20.3 Å². The van der Waals surface area contributed by atoms with E-state index in [0.29, 0.717) is 24.8 Å². The zero-order valence-corrected chi connectivity index (χ0v) is 13.8. The van der Waals surface area contributed by atoms with Gasteiger partial charge in [0.05, 0.1) is 11.4 Å². The first-order valence-corrected chi connectivity index (χ1v) is 8.52. The number of rotatable bonds is 3. The van der Waals surface area contributed by atoms with Gasteiger partial charge in [-0.25, -0.2) is 0 Å². The monoisotopic (exact) mass is 327 g/mol. The van der Waals surface area contributed by atoms with Crippen molar-refractivity contribution in [2.45, 2.75) is 32.1 Å². The van der Waals surface area contributed by atoms with E-state index in [4.69, 9.17) is 4.52 Å². The minimum Gasteiger partial charge on any atom is -0.353 e. The highest BCUT2D eigenvalue weighted by atomic mass is 16.5. The van der Waals surface area contributed by atoms with E-state index in [1.807, 2.05) is 30.0 Å². The van der Waals surface area contributed by atoms with E-state index in [0.717, 1.165) is 49.6 Å². The Balaban J connectivity index is 1.41. The molecule has 7 nitrogen and oxygen atoms in total. The zero-order chi connectivity index (χ0) is 16.5. The largest absolute Gasteiger partial charge is 0.353 e. The Kier molecular flexibility index (Phi) is 3.92. The lowest BCUT2D eigenvalue weighted by molar-refractivity contribution is 0.0725. The number of hydrogen-bond donors (Lipinski definition) is 0. The third-order valence-corrected chi connectivity index (χ3v) is 4.63. The van der Waals surface area contributed by atoms with Crippen molar-refractivity contribution in [3.8, 4) is 0 Å². The summed E-state index contributed by atoms with van der Waals surface area (Å²) in [4.78, 5) is 16.7. The Bertz CT molecular complexity index is 723. The van der Waals surface area contributed by atoms with Crippen LogP contribution in [0.5, 0.6) is 0 Å². The molecule has 24 heavy (non-hydrogen) atoms. The highest BCUT2D eigenvalue weighted by Crippen LogP contribution is 2.39. The van der Waals surface area contributed by atoms with Crippen molar-refractivity contribution in [1.29, 1.82) is 0 Å². The van der Waals surface area contributed by atoms with Gasteiger partial charge in [0.15, 0.2) is 5.82 Å². The topological polar surface area (TPSA) is 75.4 Å². The number of carbonyl (C=O) groups excluding carboxylic acids is 1. The van der Waals surface area contributed by atoms with Gasteiger partial charge in [-0.15, -0.1) is 5.10 Å². The van der Waals surface area contributed by atoms with Crippen LogP contribution in [-0.2, 0) is 0 Å². The Labute approximate surface area is 140 Å². The predicted octanol–water partition coefficient (Wildman–Crippen LogP) is 2.00. The van der Waals surface area contributed by atoms with Gasteiger partial charge in [0.1, 0.15) is 0 Å². The zero-order valence-electron chi connectivity index (χ0n) is 13.8. The summed E-state index contributed by atoms with van der Waals surface area (Å²) in [6.45, 7) is 4.90. The first kappa shape index (κ1) is 15.1. The summed E-state index contributed by atoms with van der Waals surface area (Å²) in [5, 5.41) is 12.4. The third-order valence-electron chi connectivity index (χ3n) is 4.63. The van der Waals surface area contributed by atoms with Crippen molar-refractivity contribution in [3.05, 3.63) is 35.3 Å². The Morgan fingerprint density at radius 3 is 2.79 bits per heavy atom. The molecule has 4 rings (SSSR count). The van der Waals surface area contributed by atoms with Gasteiger partial charge in [-0.05, 0) is 38.3 Å². The van der Waals surface area contributed by atoms with Gasteiger partial charge < -0.3 is 14.3 Å². The maximum absolute atomic E-state index is 12.6. The molecular weight excluding hydrogens is 306 g/mol. The minimum absolute atomic E-state index is 0.0637. The average molecular weight is 327 g/mol. The molecule has 2 aromatic rings. The van der Waals surface area contributed by atoms with E-state index in [-0.39, 0.29) is 5.91 Å². The summed E-state index contributed by atoms with van der Waals surface area (Å²) in [5.41, 5.74) is 1.83. The Morgan fingerprint density at radius 2 is 2.04 bits per heavy atom. The molecule has 7 heteroatoms. The minimum atomic E-state index is -0.0637. The fourth-order valence-electron chi connectivity index (χ4n) is 3.03. The molecule has 126 valence electrons. The summed E-state index contributed by atoms with van der Waals surface area (Å²) in [5.74, 6) is 1.66. The van der Waals surface area contributed by atoms with E-state index in [9.17, 15) is 4.79 Å². The van der Waals surface area contributed by atoms with Gasteiger partial charge in [-0.3, -0.25) is 4.79 Å². The van der Waals surface area contributed by atoms with E-state index in [1.165, 1.54) is 0 Å². The van der Waals surface area contributed by atoms with Crippen LogP contribution in [0.25, 0.3) is 0 Å². The fourth-order valence-corrected chi connectivity index (χ4v) is 3.03. The normalized spacial score (nSPS) is 18.5. The molecule has 0 atom stereocenters. The number of amides is 1. The molecule has 1 aliphatic heterocycles. The lowest BCUT2D eigenvalue weighted by atomic mass is 10.2. The van der Waals surface area contributed by atoms with Crippen LogP contribution in [0.4, 0.5) is 5.82 Å². The fraction of sp³-hybridized carbons (Fsp3) is 0.529. The first-order valence-electron chi connectivity index (χ1n) is 8.52. The van der Waals surface area contributed by atoms with Crippen LogP contribution in [0.2, 0.25) is 0 Å². The quantitative estimate of drug-likeness (QED) is 0.858. The summed E-state index contributed by atoms with van der Waals surface area (Å²) in [7, 11) is 0. The number of carbonyl (C=O) groups is 1. The molecule has 0 spiro atoms. The van der Waals surface area contributed by atoms with Gasteiger partial charge in [-0.2, -0.15) is 5.10 Å². The lowest BCUT2D eigenvalue weighted by Gasteiger charge is -2.21. The van der Waals surface area contributed by atoms with Crippen molar-refractivity contribution in [3.63, 3.8) is 0 Å². The Morgan fingerprint density at radius 1 is 1.17 bits per heavy atom. The molecule has 3 heterocycles. The SMILES string of the molecule is Cc1ccc(N2CCCN(C(=O)c3cc(C4CC4)no3)CC2)nn1. The van der Waals surface area contributed by atoms with Gasteiger partial charge in [0, 0.05) is 38.2 Å². The summed E-state index contributed by atoms with van der Waals surface area (Å²) >= 11 is 0. The third kappa shape index (κ3) is 3.11. The summed E-state index contributed by atoms with van der Waals surface area (Å²) < 4.78 is 5.27. The molecule has 1 saturated carbocycles. The molecule has 1 saturated heterocycles. The van der Waals surface area contributed by atoms with Crippen LogP contribution in [0, 0.1) is 6.92 Å². The molecule has 0 bridgehead atoms. The van der Waals surface area contributed by atoms with Crippen molar-refractivity contribution in [1.82, 2.24) is 20.3 Å². The molecule has 1 amide bonds. The van der Waals surface area contributed by atoms with Crippen LogP contribution >= 0.6 is 0 Å². The van der Waals surface area contributed by atoms with Crippen molar-refractivity contribution in [2.24, 2.45) is 0 Å². The number of anilines is 1. The number of aromatic nitrogens is 3. The summed E-state index contributed by atoms with van der Waals surface area (Å²) in [6.07, 6.45) is 3.19. The summed E-state index contributed by atoms with van der Waals surface area (Å²) in [6, 6.07) is 5.76. The van der Waals surface area contributed by atoms with Crippen LogP contribution in [-0.4, -0.2) is 52.3 Å². The van der Waals surface area contributed by atoms with Crippen LogP contribution in [0.15, 0.2) is 22.7 Å². The molecule has 2 fully saturated rings. The van der Waals surface area contributed by atoms with Crippen LogP contribution in [0.3, 0.4) is 0 Å². The Hall–Kier alpha value is -2.44. The first-order chi connectivity index (χ1) is 11.7. The maximum atomic E-state index is 12.6. The van der Waals surface area contributed by atoms with Gasteiger partial charge in [0.25, 0.3) is 5.91 Å². The van der Waals surface area contributed by atoms with Crippen molar-refractivity contribution in [2.75, 3.05) is 31.1 Å². The van der Waals surface area contributed by atoms with Crippen molar-refractivity contribution < 1.29 is 9.32 Å². The van der Waals surface area contributed by atoms with E-state index >= 15 is 0 Å². The molecule has 2 aliphatic rings. The maximum Gasteiger partial charge on any atom is 0.292 e. The highest BCUT2D eigenvalue weighted by molar-refractivity contribution is 5.91. The average Bonchev–Trinajstić information content (AvgIpc) is 3.37. The molecule has 0 N–H and O–H groups in total. The molecule has 0 unspecified atom stereocenters. The van der Waals surface area contributed by atoms with Gasteiger partial charge in [-0.1, -0.05) is 5.16 Å². The smallest absolute Gasteiger partial charge is 0.292 e. The molecule has 1 aliphatic carbocycles. The number of aryl methyl sites for hydroxylation is 1. The molecule has 0 aromatic carbocycles. The second kappa shape index (κ2) is 6.22. The molecular formula is C17H21N5O2. The number of nitrogens with zero attached hydrogens (tertiary/aromatic N) is 5. The number of hydrogen-bond acceptors (Lipinski definition) is 6. The highest BCUT2D eigenvalue weighted by Gasteiger charge is 2.30. The second-order valence-electron chi connectivity index (χ2n) is 6.56. The van der Waals surface area contributed by atoms with Crippen molar-refractivity contribution >= 4 is 11.7 Å². The van der Waals surface area contributed by atoms with Gasteiger partial charge >= 0.3 is 0 Å².